The molecular formula is C32H45N3O2. The average Bonchev–Trinajstić information content (AvgIpc) is 2.93. The van der Waals surface area contributed by atoms with Gasteiger partial charge in [0, 0.05) is 4.91 Å². The molecule has 0 unspecified atom stereocenters. The number of hydrogen-bond donors (Lipinski definition) is 0. The third-order valence-electron chi connectivity index (χ3n) is 6.29. The van der Waals surface area contributed by atoms with Gasteiger partial charge >= 0.3 is 0 Å². The van der Waals surface area contributed by atoms with Crippen LogP contribution in [0.2, 0.25) is 0 Å². The summed E-state index contributed by atoms with van der Waals surface area (Å²) in [5, 5.41) is 4.00. The Morgan fingerprint density at radius 1 is 0.784 bits per heavy atom. The first-order valence-corrected chi connectivity index (χ1v) is 14.0. The lowest BCUT2D eigenvalue weighted by atomic mass is 10.1. The molecule has 0 radical (unpaired) electrons. The SMILES string of the molecule is CCCCCCCCCCC/C=C/C=C/[C@@H](OCc1ccccc1)[C@H](COCc1ccccc1)N=[N+]=[N-]. The third kappa shape index (κ3) is 15.1. The fourth-order valence-corrected chi connectivity index (χ4v) is 4.11. The van der Waals surface area contributed by atoms with Gasteiger partial charge in [-0.2, -0.15) is 0 Å². The van der Waals surface area contributed by atoms with E-state index in [2.05, 4.69) is 29.1 Å². The fourth-order valence-electron chi connectivity index (χ4n) is 4.11. The second-order valence-corrected chi connectivity index (χ2v) is 9.46. The van der Waals surface area contributed by atoms with E-state index in [0.717, 1.165) is 17.5 Å². The number of nitrogens with zero attached hydrogens (tertiary/aromatic N) is 3. The first-order chi connectivity index (χ1) is 18.3. The molecule has 200 valence electrons. The van der Waals surface area contributed by atoms with Gasteiger partial charge < -0.3 is 9.47 Å². The highest BCUT2D eigenvalue weighted by molar-refractivity contribution is 5.15. The molecule has 0 heterocycles. The van der Waals surface area contributed by atoms with Crippen LogP contribution in [0.15, 0.2) is 90.1 Å². The molecule has 0 N–H and O–H groups in total. The van der Waals surface area contributed by atoms with Crippen LogP contribution < -0.4 is 0 Å². The monoisotopic (exact) mass is 503 g/mol. The molecule has 0 aliphatic rings. The summed E-state index contributed by atoms with van der Waals surface area (Å²) in [5.74, 6) is 0. The highest BCUT2D eigenvalue weighted by Crippen LogP contribution is 2.14. The second-order valence-electron chi connectivity index (χ2n) is 9.46. The van der Waals surface area contributed by atoms with Crippen LogP contribution in [0.3, 0.4) is 0 Å². The zero-order valence-corrected chi connectivity index (χ0v) is 22.6. The number of rotatable bonds is 21. The summed E-state index contributed by atoms with van der Waals surface area (Å²) in [4.78, 5) is 3.06. The van der Waals surface area contributed by atoms with E-state index in [1.165, 1.54) is 57.8 Å². The van der Waals surface area contributed by atoms with Gasteiger partial charge in [-0.15, -0.1) is 0 Å². The van der Waals surface area contributed by atoms with Gasteiger partial charge in [0.1, 0.15) is 0 Å². The Labute approximate surface area is 224 Å². The lowest BCUT2D eigenvalue weighted by Crippen LogP contribution is -2.29. The van der Waals surface area contributed by atoms with E-state index in [0.29, 0.717) is 13.2 Å². The van der Waals surface area contributed by atoms with Crippen molar-refractivity contribution in [2.45, 2.75) is 96.5 Å². The predicted molar refractivity (Wildman–Crippen MR) is 154 cm³/mol. The van der Waals surface area contributed by atoms with Crippen LogP contribution in [0.1, 0.15) is 82.3 Å². The zero-order valence-electron chi connectivity index (χ0n) is 22.6. The van der Waals surface area contributed by atoms with Crippen LogP contribution in [-0.4, -0.2) is 18.8 Å². The summed E-state index contributed by atoms with van der Waals surface area (Å²) in [6.07, 6.45) is 21.0. The Balaban J connectivity index is 1.81. The molecule has 5 heteroatoms. The van der Waals surface area contributed by atoms with Crippen molar-refractivity contribution in [1.29, 1.82) is 0 Å². The van der Waals surface area contributed by atoms with Gasteiger partial charge in [0.05, 0.1) is 32.0 Å². The maximum atomic E-state index is 9.18. The van der Waals surface area contributed by atoms with Crippen molar-refractivity contribution in [3.63, 3.8) is 0 Å². The maximum Gasteiger partial charge on any atom is 0.0906 e. The Hall–Kier alpha value is -2.85. The van der Waals surface area contributed by atoms with Gasteiger partial charge in [-0.05, 0) is 29.5 Å². The number of hydrogen-bond acceptors (Lipinski definition) is 3. The normalized spacial score (nSPS) is 13.1. The maximum absolute atomic E-state index is 9.18. The van der Waals surface area contributed by atoms with Gasteiger partial charge in [-0.1, -0.05) is 148 Å². The zero-order chi connectivity index (χ0) is 26.2. The number of azide groups is 1. The summed E-state index contributed by atoms with van der Waals surface area (Å²) in [6.45, 7) is 3.45. The van der Waals surface area contributed by atoms with E-state index in [-0.39, 0.29) is 12.7 Å². The van der Waals surface area contributed by atoms with Crippen LogP contribution in [-0.2, 0) is 22.7 Å². The molecule has 0 amide bonds. The van der Waals surface area contributed by atoms with E-state index in [1.807, 2.05) is 72.8 Å². The van der Waals surface area contributed by atoms with Crippen LogP contribution in [0.25, 0.3) is 10.4 Å². The summed E-state index contributed by atoms with van der Waals surface area (Å²) >= 11 is 0. The lowest BCUT2D eigenvalue weighted by Gasteiger charge is -2.21. The molecule has 0 aliphatic heterocycles. The third-order valence-corrected chi connectivity index (χ3v) is 6.29. The minimum absolute atomic E-state index is 0.283. The quantitative estimate of drug-likeness (QED) is 0.0559. The van der Waals surface area contributed by atoms with Crippen molar-refractivity contribution in [3.8, 4) is 0 Å². The predicted octanol–water partition coefficient (Wildman–Crippen LogP) is 9.50. The minimum Gasteiger partial charge on any atom is -0.376 e. The fraction of sp³-hybridized carbons (Fsp3) is 0.500. The molecule has 0 aromatic heterocycles. The topological polar surface area (TPSA) is 67.2 Å². The minimum atomic E-state index is -0.459. The summed E-state index contributed by atoms with van der Waals surface area (Å²) in [5.41, 5.74) is 11.3. The van der Waals surface area contributed by atoms with E-state index in [4.69, 9.17) is 9.47 Å². The molecule has 2 rings (SSSR count). The largest absolute Gasteiger partial charge is 0.376 e. The molecule has 2 atom stereocenters. The van der Waals surface area contributed by atoms with E-state index in [9.17, 15) is 5.53 Å². The van der Waals surface area contributed by atoms with E-state index in [1.54, 1.807) is 0 Å². The number of benzene rings is 2. The first kappa shape index (κ1) is 30.4. The Bertz CT molecular complexity index is 908. The Kier molecular flexibility index (Phi) is 17.4. The highest BCUT2D eigenvalue weighted by atomic mass is 16.5. The van der Waals surface area contributed by atoms with Gasteiger partial charge in [0.25, 0.3) is 0 Å². The van der Waals surface area contributed by atoms with Gasteiger partial charge in [-0.3, -0.25) is 0 Å². The molecule has 0 saturated carbocycles. The molecule has 0 aliphatic carbocycles. The number of allylic oxidation sites excluding steroid dienone is 3. The Morgan fingerprint density at radius 3 is 2.00 bits per heavy atom. The summed E-state index contributed by atoms with van der Waals surface area (Å²) < 4.78 is 12.1. The average molecular weight is 504 g/mol. The highest BCUT2D eigenvalue weighted by Gasteiger charge is 2.19. The van der Waals surface area contributed by atoms with Crippen LogP contribution in [0.5, 0.6) is 0 Å². The number of unbranched alkanes of at least 4 members (excludes halogenated alkanes) is 9. The van der Waals surface area contributed by atoms with Gasteiger partial charge in [0.15, 0.2) is 0 Å². The first-order valence-electron chi connectivity index (χ1n) is 14.0. The van der Waals surface area contributed by atoms with Crippen LogP contribution >= 0.6 is 0 Å². The van der Waals surface area contributed by atoms with Crippen molar-refractivity contribution in [2.24, 2.45) is 5.11 Å². The molecule has 0 bridgehead atoms. The van der Waals surface area contributed by atoms with Crippen molar-refractivity contribution < 1.29 is 9.47 Å². The molecule has 2 aromatic carbocycles. The van der Waals surface area contributed by atoms with Crippen LogP contribution in [0.4, 0.5) is 0 Å². The standard InChI is InChI=1S/C32H45N3O2/c1-2-3-4-5-6-7-8-9-10-11-12-13-20-25-32(37-27-30-23-18-15-19-24-30)31(34-35-33)28-36-26-29-21-16-14-17-22-29/h12-25,31-32H,2-11,26-28H2,1H3/b13-12+,25-20+/t31-,32+/m0/s1. The van der Waals surface area contributed by atoms with Crippen molar-refractivity contribution in [3.05, 3.63) is 107 Å². The smallest absolute Gasteiger partial charge is 0.0906 e. The summed E-state index contributed by atoms with van der Waals surface area (Å²) in [6, 6.07) is 19.6. The van der Waals surface area contributed by atoms with Crippen molar-refractivity contribution in [1.82, 2.24) is 0 Å². The molecule has 2 aromatic rings. The van der Waals surface area contributed by atoms with Crippen molar-refractivity contribution >= 4 is 0 Å². The molecular weight excluding hydrogens is 458 g/mol. The summed E-state index contributed by atoms with van der Waals surface area (Å²) in [7, 11) is 0. The molecule has 37 heavy (non-hydrogen) atoms. The van der Waals surface area contributed by atoms with Crippen LogP contribution in [0, 0.1) is 0 Å². The van der Waals surface area contributed by atoms with Gasteiger partial charge in [0.2, 0.25) is 0 Å². The molecule has 0 saturated heterocycles. The Morgan fingerprint density at radius 2 is 1.38 bits per heavy atom. The molecule has 5 nitrogen and oxygen atoms in total. The van der Waals surface area contributed by atoms with E-state index >= 15 is 0 Å². The van der Waals surface area contributed by atoms with Gasteiger partial charge in [-0.25, -0.2) is 0 Å². The molecule has 0 fully saturated rings. The van der Waals surface area contributed by atoms with E-state index < -0.39 is 6.04 Å². The van der Waals surface area contributed by atoms with Crippen molar-refractivity contribution in [2.75, 3.05) is 6.61 Å². The molecule has 0 spiro atoms. The second kappa shape index (κ2) is 21.3. The lowest BCUT2D eigenvalue weighted by molar-refractivity contribution is 0.0187. The number of ether oxygens (including phenoxy) is 2.